The minimum absolute atomic E-state index is 0.162. The van der Waals surface area contributed by atoms with Gasteiger partial charge < -0.3 is 9.64 Å². The van der Waals surface area contributed by atoms with Crippen molar-refractivity contribution < 1.29 is 9.53 Å². The van der Waals surface area contributed by atoms with Crippen molar-refractivity contribution in [3.8, 4) is 11.9 Å². The maximum absolute atomic E-state index is 12.4. The van der Waals surface area contributed by atoms with Crippen molar-refractivity contribution in [2.75, 3.05) is 25.6 Å². The van der Waals surface area contributed by atoms with Gasteiger partial charge in [-0.25, -0.2) is 4.98 Å². The average Bonchev–Trinajstić information content (AvgIpc) is 2.65. The van der Waals surface area contributed by atoms with Crippen LogP contribution in [0.25, 0.3) is 10.9 Å². The molecule has 0 saturated heterocycles. The smallest absolute Gasteiger partial charge is 0.232 e. The normalized spacial score (nSPS) is 10.4. The van der Waals surface area contributed by atoms with E-state index in [-0.39, 0.29) is 18.3 Å². The summed E-state index contributed by atoms with van der Waals surface area (Å²) in [5.41, 5.74) is 3.71. The Kier molecular flexibility index (Phi) is 4.85. The molecule has 3 aromatic rings. The van der Waals surface area contributed by atoms with Crippen LogP contribution in [0.1, 0.15) is 21.5 Å². The lowest BCUT2D eigenvalue weighted by Gasteiger charge is -2.12. The number of aryl methyl sites for hydroxylation is 1. The van der Waals surface area contributed by atoms with E-state index in [9.17, 15) is 10.1 Å². The molecule has 3 rings (SSSR count). The fraction of sp³-hybridized carbons (Fsp3) is 0.190. The molecule has 0 spiro atoms. The number of ketones is 1. The number of anilines is 1. The van der Waals surface area contributed by atoms with Crippen LogP contribution in [0.2, 0.25) is 0 Å². The van der Waals surface area contributed by atoms with Crippen LogP contribution in [0.5, 0.6) is 5.88 Å². The minimum Gasteiger partial charge on any atom is -0.468 e. The first-order valence-electron chi connectivity index (χ1n) is 8.23. The molecule has 1 heterocycles. The van der Waals surface area contributed by atoms with Gasteiger partial charge in [0.05, 0.1) is 5.52 Å². The third kappa shape index (κ3) is 3.65. The zero-order valence-electron chi connectivity index (χ0n) is 15.0. The Balaban J connectivity index is 1.79. The molecular weight excluding hydrogens is 326 g/mol. The quantitative estimate of drug-likeness (QED) is 0.659. The number of aromatic nitrogens is 1. The van der Waals surface area contributed by atoms with Crippen LogP contribution in [0, 0.1) is 18.3 Å². The number of Topliss-reactive ketones (excluding diaryl/α,β-unsaturated/α-hetero) is 1. The van der Waals surface area contributed by atoms with E-state index < -0.39 is 0 Å². The summed E-state index contributed by atoms with van der Waals surface area (Å²) in [6.07, 6.45) is 0. The number of benzene rings is 2. The zero-order valence-corrected chi connectivity index (χ0v) is 15.0. The van der Waals surface area contributed by atoms with Crippen LogP contribution in [0.15, 0.2) is 48.5 Å². The number of carbonyl (C=O) groups excluding carboxylic acids is 1. The minimum atomic E-state index is -0.166. The summed E-state index contributed by atoms with van der Waals surface area (Å²) < 4.78 is 5.57. The molecule has 2 aromatic carbocycles. The second-order valence-electron chi connectivity index (χ2n) is 6.30. The number of nitriles is 1. The van der Waals surface area contributed by atoms with Gasteiger partial charge in [0.1, 0.15) is 11.6 Å². The van der Waals surface area contributed by atoms with Gasteiger partial charge in [0.2, 0.25) is 5.88 Å². The summed E-state index contributed by atoms with van der Waals surface area (Å²) in [6, 6.07) is 16.9. The number of hydrogen-bond donors (Lipinski definition) is 0. The Bertz CT molecular complexity index is 1000. The van der Waals surface area contributed by atoms with Gasteiger partial charge in [-0.15, -0.1) is 0 Å². The molecule has 0 radical (unpaired) electrons. The number of fused-ring (bicyclic) bond motifs is 1. The maximum atomic E-state index is 12.4. The van der Waals surface area contributed by atoms with Crippen molar-refractivity contribution in [1.29, 1.82) is 5.26 Å². The van der Waals surface area contributed by atoms with Gasteiger partial charge in [0.15, 0.2) is 12.4 Å². The first kappa shape index (κ1) is 17.4. The van der Waals surface area contributed by atoms with Crippen molar-refractivity contribution >= 4 is 22.4 Å². The Morgan fingerprint density at radius 1 is 1.15 bits per heavy atom. The molecule has 0 fully saturated rings. The van der Waals surface area contributed by atoms with Gasteiger partial charge >= 0.3 is 0 Å². The number of ether oxygens (including phenoxy) is 1. The lowest BCUT2D eigenvalue weighted by Crippen LogP contribution is -2.14. The highest BCUT2D eigenvalue weighted by Crippen LogP contribution is 2.23. The molecule has 1 aromatic heterocycles. The summed E-state index contributed by atoms with van der Waals surface area (Å²) in [5, 5.41) is 10.2. The molecule has 0 aliphatic heterocycles. The van der Waals surface area contributed by atoms with Crippen molar-refractivity contribution in [1.82, 2.24) is 4.98 Å². The topological polar surface area (TPSA) is 66.2 Å². The highest BCUT2D eigenvalue weighted by atomic mass is 16.5. The van der Waals surface area contributed by atoms with Crippen molar-refractivity contribution in [3.05, 3.63) is 65.2 Å². The van der Waals surface area contributed by atoms with E-state index in [1.807, 2.05) is 56.3 Å². The number of pyridine rings is 1. The predicted molar refractivity (Wildman–Crippen MR) is 102 cm³/mol. The first-order valence-corrected chi connectivity index (χ1v) is 8.23. The lowest BCUT2D eigenvalue weighted by atomic mass is 10.1. The third-order valence-corrected chi connectivity index (χ3v) is 4.10. The molecule has 0 atom stereocenters. The SMILES string of the molecule is Cc1ccc2nc(OCC(=O)c3ccc(N(C)C)cc3)c(C#N)cc2c1. The van der Waals surface area contributed by atoms with E-state index in [0.717, 1.165) is 22.2 Å². The summed E-state index contributed by atoms with van der Waals surface area (Å²) in [5.74, 6) is 0.0205. The number of hydrogen-bond acceptors (Lipinski definition) is 5. The monoisotopic (exact) mass is 345 g/mol. The Labute approximate surface area is 152 Å². The molecule has 5 heteroatoms. The number of rotatable bonds is 5. The Hall–Kier alpha value is -3.39. The summed E-state index contributed by atoms with van der Waals surface area (Å²) in [7, 11) is 3.88. The second kappa shape index (κ2) is 7.24. The van der Waals surface area contributed by atoms with E-state index >= 15 is 0 Å². The summed E-state index contributed by atoms with van der Waals surface area (Å²) >= 11 is 0. The number of nitrogens with zero attached hydrogens (tertiary/aromatic N) is 3. The Morgan fingerprint density at radius 3 is 2.54 bits per heavy atom. The predicted octanol–water partition coefficient (Wildman–Crippen LogP) is 3.74. The maximum Gasteiger partial charge on any atom is 0.232 e. The standard InChI is InChI=1S/C21H19N3O2/c1-14-4-9-19-16(10-14)11-17(12-22)21(23-19)26-13-20(25)15-5-7-18(8-6-15)24(2)3/h4-11H,13H2,1-3H3. The van der Waals surface area contributed by atoms with E-state index in [1.54, 1.807) is 18.2 Å². The summed E-state index contributed by atoms with van der Waals surface area (Å²) in [4.78, 5) is 18.7. The first-order chi connectivity index (χ1) is 12.5. The fourth-order valence-electron chi connectivity index (χ4n) is 2.63. The van der Waals surface area contributed by atoms with E-state index in [2.05, 4.69) is 11.1 Å². The van der Waals surface area contributed by atoms with Gasteiger partial charge in [0, 0.05) is 30.7 Å². The van der Waals surface area contributed by atoms with Crippen molar-refractivity contribution in [2.45, 2.75) is 6.92 Å². The van der Waals surface area contributed by atoms with E-state index in [1.165, 1.54) is 0 Å². The molecule has 0 unspecified atom stereocenters. The lowest BCUT2D eigenvalue weighted by molar-refractivity contribution is 0.0918. The van der Waals surface area contributed by atoms with E-state index in [4.69, 9.17) is 4.74 Å². The molecule has 5 nitrogen and oxygen atoms in total. The van der Waals surface area contributed by atoms with Crippen LogP contribution in [0.4, 0.5) is 5.69 Å². The molecular formula is C21H19N3O2. The zero-order chi connectivity index (χ0) is 18.7. The van der Waals surface area contributed by atoms with Crippen molar-refractivity contribution in [2.24, 2.45) is 0 Å². The highest BCUT2D eigenvalue weighted by molar-refractivity contribution is 5.97. The van der Waals surface area contributed by atoms with Crippen LogP contribution in [-0.4, -0.2) is 31.5 Å². The largest absolute Gasteiger partial charge is 0.468 e. The average molecular weight is 345 g/mol. The second-order valence-corrected chi connectivity index (χ2v) is 6.30. The third-order valence-electron chi connectivity index (χ3n) is 4.10. The van der Waals surface area contributed by atoms with Crippen LogP contribution in [-0.2, 0) is 0 Å². The fourth-order valence-corrected chi connectivity index (χ4v) is 2.63. The molecule has 0 bridgehead atoms. The van der Waals surface area contributed by atoms with Gasteiger partial charge in [-0.3, -0.25) is 4.79 Å². The summed E-state index contributed by atoms with van der Waals surface area (Å²) in [6.45, 7) is 1.82. The Morgan fingerprint density at radius 2 is 1.88 bits per heavy atom. The van der Waals surface area contributed by atoms with Gasteiger partial charge in [-0.05, 0) is 49.4 Å². The molecule has 130 valence electrons. The van der Waals surface area contributed by atoms with Gasteiger partial charge in [0.25, 0.3) is 0 Å². The highest BCUT2D eigenvalue weighted by Gasteiger charge is 2.12. The molecule has 0 aliphatic carbocycles. The molecule has 0 N–H and O–H groups in total. The van der Waals surface area contributed by atoms with E-state index in [0.29, 0.717) is 11.1 Å². The van der Waals surface area contributed by atoms with Crippen LogP contribution in [0.3, 0.4) is 0 Å². The molecule has 26 heavy (non-hydrogen) atoms. The van der Waals surface area contributed by atoms with Crippen LogP contribution < -0.4 is 9.64 Å². The van der Waals surface area contributed by atoms with Gasteiger partial charge in [-0.2, -0.15) is 5.26 Å². The molecule has 0 saturated carbocycles. The van der Waals surface area contributed by atoms with Crippen LogP contribution >= 0.6 is 0 Å². The molecule has 0 aliphatic rings. The van der Waals surface area contributed by atoms with Gasteiger partial charge in [-0.1, -0.05) is 11.6 Å². The molecule has 0 amide bonds. The van der Waals surface area contributed by atoms with Crippen molar-refractivity contribution in [3.63, 3.8) is 0 Å². The number of carbonyl (C=O) groups is 1.